The SMILES string of the molecule is CCOc1cc2c(cc1OC)CCN(C(=O)N1CCOCC1)C2CCc1c[nH]c2ccc(OCF)cc12. The number of morpholine rings is 1. The third kappa shape index (κ3) is 5.18. The van der Waals surface area contributed by atoms with Gasteiger partial charge in [0.1, 0.15) is 5.75 Å². The number of urea groups is 1. The van der Waals surface area contributed by atoms with Gasteiger partial charge in [-0.05, 0) is 73.2 Å². The molecule has 3 heterocycles. The van der Waals surface area contributed by atoms with Crippen LogP contribution in [-0.2, 0) is 17.6 Å². The lowest BCUT2D eigenvalue weighted by Crippen LogP contribution is -2.51. The van der Waals surface area contributed by atoms with Crippen LogP contribution in [0.3, 0.4) is 0 Å². The second-order valence-corrected chi connectivity index (χ2v) is 9.29. The number of carbonyl (C=O) groups excluding carboxylic acids is 1. The summed E-state index contributed by atoms with van der Waals surface area (Å²) in [5, 5.41) is 0.998. The van der Waals surface area contributed by atoms with Crippen molar-refractivity contribution in [3.8, 4) is 17.2 Å². The Hall–Kier alpha value is -3.46. The summed E-state index contributed by atoms with van der Waals surface area (Å²) in [5.41, 5.74) is 4.34. The van der Waals surface area contributed by atoms with Gasteiger partial charge in [0.2, 0.25) is 6.86 Å². The molecule has 1 unspecified atom stereocenters. The Bertz CT molecular complexity index is 1240. The number of nitrogens with one attached hydrogen (secondary N) is 1. The molecule has 1 saturated heterocycles. The first-order chi connectivity index (χ1) is 18.1. The molecule has 1 N–H and O–H groups in total. The number of amides is 2. The lowest BCUT2D eigenvalue weighted by atomic mass is 9.88. The fourth-order valence-electron chi connectivity index (χ4n) is 5.42. The van der Waals surface area contributed by atoms with Crippen LogP contribution in [0.5, 0.6) is 17.2 Å². The van der Waals surface area contributed by atoms with E-state index in [2.05, 4.69) is 11.1 Å². The van der Waals surface area contributed by atoms with Crippen molar-refractivity contribution in [1.29, 1.82) is 0 Å². The third-order valence-corrected chi connectivity index (χ3v) is 7.26. The fraction of sp³-hybridized carbons (Fsp3) is 0.464. The van der Waals surface area contributed by atoms with Crippen LogP contribution in [0, 0.1) is 0 Å². The second kappa shape index (κ2) is 11.3. The van der Waals surface area contributed by atoms with Gasteiger partial charge >= 0.3 is 6.03 Å². The van der Waals surface area contributed by atoms with E-state index in [0.29, 0.717) is 56.7 Å². The van der Waals surface area contributed by atoms with Gasteiger partial charge < -0.3 is 33.7 Å². The molecule has 3 aromatic rings. The highest BCUT2D eigenvalue weighted by Crippen LogP contribution is 2.41. The Kier molecular flexibility index (Phi) is 7.69. The smallest absolute Gasteiger partial charge is 0.320 e. The van der Waals surface area contributed by atoms with Gasteiger partial charge in [0.25, 0.3) is 0 Å². The summed E-state index contributed by atoms with van der Waals surface area (Å²) in [7, 11) is 1.65. The lowest BCUT2D eigenvalue weighted by Gasteiger charge is -2.41. The molecular formula is C28H34FN3O5. The number of hydrogen-bond acceptors (Lipinski definition) is 5. The molecule has 1 fully saturated rings. The molecule has 2 amide bonds. The molecule has 1 atom stereocenters. The average molecular weight is 512 g/mol. The topological polar surface area (TPSA) is 76.3 Å². The van der Waals surface area contributed by atoms with E-state index >= 15 is 0 Å². The van der Waals surface area contributed by atoms with Crippen molar-refractivity contribution in [3.05, 3.63) is 53.2 Å². The van der Waals surface area contributed by atoms with Gasteiger partial charge in [-0.2, -0.15) is 0 Å². The van der Waals surface area contributed by atoms with E-state index in [9.17, 15) is 9.18 Å². The predicted octanol–water partition coefficient (Wildman–Crippen LogP) is 4.87. The molecular weight excluding hydrogens is 477 g/mol. The Labute approximate surface area is 216 Å². The number of fused-ring (bicyclic) bond motifs is 2. The van der Waals surface area contributed by atoms with Crippen molar-refractivity contribution in [2.45, 2.75) is 32.2 Å². The number of aryl methyl sites for hydroxylation is 1. The number of halogens is 1. The summed E-state index contributed by atoms with van der Waals surface area (Å²) >= 11 is 0. The van der Waals surface area contributed by atoms with Crippen LogP contribution >= 0.6 is 0 Å². The quantitative estimate of drug-likeness (QED) is 0.467. The number of H-pyrrole nitrogens is 1. The summed E-state index contributed by atoms with van der Waals surface area (Å²) in [6.07, 6.45) is 4.19. The maximum Gasteiger partial charge on any atom is 0.320 e. The summed E-state index contributed by atoms with van der Waals surface area (Å²) < 4.78 is 34.8. The molecule has 2 aromatic carbocycles. The number of rotatable bonds is 8. The number of methoxy groups -OCH3 is 1. The van der Waals surface area contributed by atoms with E-state index in [0.717, 1.165) is 41.3 Å². The maximum absolute atomic E-state index is 13.7. The van der Waals surface area contributed by atoms with Gasteiger partial charge in [0, 0.05) is 36.7 Å². The number of hydrogen-bond donors (Lipinski definition) is 1. The first-order valence-electron chi connectivity index (χ1n) is 12.9. The number of aromatic amines is 1. The second-order valence-electron chi connectivity index (χ2n) is 9.29. The molecule has 1 aromatic heterocycles. The Morgan fingerprint density at radius 3 is 2.73 bits per heavy atom. The minimum atomic E-state index is -0.867. The minimum absolute atomic E-state index is 0.0466. The summed E-state index contributed by atoms with van der Waals surface area (Å²) in [5.74, 6) is 1.90. The highest BCUT2D eigenvalue weighted by molar-refractivity contribution is 5.84. The Morgan fingerprint density at radius 2 is 1.97 bits per heavy atom. The number of nitrogens with zero attached hydrogens (tertiary/aromatic N) is 2. The van der Waals surface area contributed by atoms with Crippen molar-refractivity contribution in [1.82, 2.24) is 14.8 Å². The first-order valence-corrected chi connectivity index (χ1v) is 12.9. The van der Waals surface area contributed by atoms with Crippen molar-refractivity contribution >= 4 is 16.9 Å². The molecule has 2 aliphatic rings. The van der Waals surface area contributed by atoms with E-state index in [1.165, 1.54) is 5.56 Å². The molecule has 2 aliphatic heterocycles. The van der Waals surface area contributed by atoms with E-state index in [1.807, 2.05) is 41.1 Å². The molecule has 0 saturated carbocycles. The number of benzene rings is 2. The summed E-state index contributed by atoms with van der Waals surface area (Å²) in [4.78, 5) is 20.9. The van der Waals surface area contributed by atoms with E-state index in [4.69, 9.17) is 18.9 Å². The van der Waals surface area contributed by atoms with Gasteiger partial charge in [0.05, 0.1) is 33.0 Å². The normalized spacial score (nSPS) is 17.5. The van der Waals surface area contributed by atoms with Crippen LogP contribution in [0.25, 0.3) is 10.9 Å². The standard InChI is InChI=1S/C28H34FN3O5/c1-3-36-27-16-23-19(14-26(27)34-2)8-9-32(28(33)31-10-12-35-13-11-31)25(23)7-4-20-17-30-24-6-5-21(37-18-29)15-22(20)24/h5-6,14-17,25,30H,3-4,7-13,18H2,1-2H3. The van der Waals surface area contributed by atoms with Crippen LogP contribution in [0.15, 0.2) is 36.5 Å². The van der Waals surface area contributed by atoms with Gasteiger partial charge in [-0.15, -0.1) is 0 Å². The molecule has 5 rings (SSSR count). The van der Waals surface area contributed by atoms with Gasteiger partial charge in [-0.3, -0.25) is 0 Å². The predicted molar refractivity (Wildman–Crippen MR) is 138 cm³/mol. The van der Waals surface area contributed by atoms with Crippen LogP contribution in [0.2, 0.25) is 0 Å². The van der Waals surface area contributed by atoms with Crippen molar-refractivity contribution in [3.63, 3.8) is 0 Å². The molecule has 0 bridgehead atoms. The number of carbonyl (C=O) groups is 1. The van der Waals surface area contributed by atoms with Crippen molar-refractivity contribution < 1.29 is 28.1 Å². The van der Waals surface area contributed by atoms with Crippen LogP contribution in [0.1, 0.15) is 36.1 Å². The van der Waals surface area contributed by atoms with Gasteiger partial charge in [0.15, 0.2) is 11.5 Å². The molecule has 0 aliphatic carbocycles. The molecule has 37 heavy (non-hydrogen) atoms. The highest BCUT2D eigenvalue weighted by atomic mass is 19.1. The van der Waals surface area contributed by atoms with E-state index in [1.54, 1.807) is 13.2 Å². The van der Waals surface area contributed by atoms with Gasteiger partial charge in [-0.25, -0.2) is 9.18 Å². The van der Waals surface area contributed by atoms with Crippen LogP contribution in [-0.4, -0.2) is 74.2 Å². The van der Waals surface area contributed by atoms with Crippen molar-refractivity contribution in [2.24, 2.45) is 0 Å². The molecule has 9 heteroatoms. The number of alkyl halides is 1. The summed E-state index contributed by atoms with van der Waals surface area (Å²) in [6.45, 7) is 4.55. The number of aromatic nitrogens is 1. The number of ether oxygens (including phenoxy) is 4. The zero-order valence-corrected chi connectivity index (χ0v) is 21.4. The third-order valence-electron chi connectivity index (χ3n) is 7.26. The average Bonchev–Trinajstić information content (AvgIpc) is 3.34. The van der Waals surface area contributed by atoms with Crippen molar-refractivity contribution in [2.75, 3.05) is 53.4 Å². The zero-order valence-electron chi connectivity index (χ0n) is 21.4. The fourth-order valence-corrected chi connectivity index (χ4v) is 5.42. The maximum atomic E-state index is 13.7. The molecule has 8 nitrogen and oxygen atoms in total. The zero-order chi connectivity index (χ0) is 25.8. The largest absolute Gasteiger partial charge is 0.493 e. The molecule has 198 valence electrons. The van der Waals surface area contributed by atoms with E-state index < -0.39 is 6.86 Å². The summed E-state index contributed by atoms with van der Waals surface area (Å²) in [6, 6.07) is 9.54. The lowest BCUT2D eigenvalue weighted by molar-refractivity contribution is 0.0376. The monoisotopic (exact) mass is 511 g/mol. The highest BCUT2D eigenvalue weighted by Gasteiger charge is 2.35. The van der Waals surface area contributed by atoms with Crippen LogP contribution in [0.4, 0.5) is 9.18 Å². The van der Waals surface area contributed by atoms with Gasteiger partial charge in [-0.1, -0.05) is 0 Å². The first kappa shape index (κ1) is 25.2. The van der Waals surface area contributed by atoms with Crippen LogP contribution < -0.4 is 14.2 Å². The molecule has 0 radical (unpaired) electrons. The Balaban J connectivity index is 1.47. The Morgan fingerprint density at radius 1 is 1.14 bits per heavy atom. The van der Waals surface area contributed by atoms with E-state index in [-0.39, 0.29) is 12.1 Å². The molecule has 0 spiro atoms. The minimum Gasteiger partial charge on any atom is -0.493 e.